The van der Waals surface area contributed by atoms with Crippen LogP contribution in [0.15, 0.2) is 42.5 Å². The number of anilines is 1. The zero-order valence-electron chi connectivity index (χ0n) is 11.8. The number of carbonyl (C=O) groups excluding carboxylic acids is 1. The van der Waals surface area contributed by atoms with Gasteiger partial charge in [0.1, 0.15) is 11.6 Å². The van der Waals surface area contributed by atoms with Crippen molar-refractivity contribution in [3.8, 4) is 0 Å². The molecule has 0 bridgehead atoms. The molecular weight excluding hydrogens is 328 g/mol. The third-order valence-corrected chi connectivity index (χ3v) is 4.56. The predicted molar refractivity (Wildman–Crippen MR) is 87.2 cm³/mol. The van der Waals surface area contributed by atoms with Gasteiger partial charge in [0.15, 0.2) is 0 Å². The van der Waals surface area contributed by atoms with E-state index in [0.29, 0.717) is 10.6 Å². The minimum absolute atomic E-state index is 0.129. The van der Waals surface area contributed by atoms with E-state index in [1.165, 1.54) is 36.0 Å². The highest BCUT2D eigenvalue weighted by molar-refractivity contribution is 7.99. The zero-order valence-corrected chi connectivity index (χ0v) is 13.3. The molecule has 0 aromatic heterocycles. The van der Waals surface area contributed by atoms with Crippen LogP contribution in [0.3, 0.4) is 0 Å². The first kappa shape index (κ1) is 16.8. The number of benzene rings is 2. The van der Waals surface area contributed by atoms with Crippen molar-refractivity contribution in [2.45, 2.75) is 17.9 Å². The monoisotopic (exact) mass is 341 g/mol. The molecule has 2 nitrogen and oxygen atoms in total. The molecule has 0 aliphatic heterocycles. The summed E-state index contributed by atoms with van der Waals surface area (Å²) in [4.78, 5) is 12.0. The van der Waals surface area contributed by atoms with Crippen LogP contribution >= 0.6 is 23.4 Å². The summed E-state index contributed by atoms with van der Waals surface area (Å²) in [6.45, 7) is 1.68. The van der Waals surface area contributed by atoms with Crippen LogP contribution in [-0.2, 0) is 10.5 Å². The van der Waals surface area contributed by atoms with Gasteiger partial charge in [0.25, 0.3) is 0 Å². The third-order valence-electron chi connectivity index (χ3n) is 3.04. The molecule has 2 rings (SSSR count). The first-order valence-electron chi connectivity index (χ1n) is 6.59. The largest absolute Gasteiger partial charge is 0.323 e. The average Bonchev–Trinajstić information content (AvgIpc) is 2.48. The number of hydrogen-bond acceptors (Lipinski definition) is 2. The summed E-state index contributed by atoms with van der Waals surface area (Å²) >= 11 is 7.17. The molecule has 116 valence electrons. The molecule has 0 aliphatic rings. The summed E-state index contributed by atoms with van der Waals surface area (Å²) in [5, 5.41) is 2.37. The standard InChI is InChI=1S/C16H14ClF2NOS/c1-10(16(21)20-15-8-3-2-6-14(15)19)22-9-11-12(17)5-4-7-13(11)18/h2-8,10H,9H2,1H3,(H,20,21)/t10-/m0/s1. The van der Waals surface area contributed by atoms with Gasteiger partial charge >= 0.3 is 0 Å². The fraction of sp³-hybridized carbons (Fsp3) is 0.188. The minimum atomic E-state index is -0.495. The van der Waals surface area contributed by atoms with Crippen molar-refractivity contribution in [1.29, 1.82) is 0 Å². The Morgan fingerprint density at radius 3 is 2.55 bits per heavy atom. The third kappa shape index (κ3) is 4.21. The highest BCUT2D eigenvalue weighted by atomic mass is 35.5. The Kier molecular flexibility index (Phi) is 5.80. The maximum Gasteiger partial charge on any atom is 0.237 e. The highest BCUT2D eigenvalue weighted by Gasteiger charge is 2.17. The number of thioether (sulfide) groups is 1. The molecule has 0 spiro atoms. The van der Waals surface area contributed by atoms with Gasteiger partial charge in [0.2, 0.25) is 5.91 Å². The molecule has 2 aromatic carbocycles. The first-order valence-corrected chi connectivity index (χ1v) is 8.01. The fourth-order valence-electron chi connectivity index (χ4n) is 1.75. The Morgan fingerprint density at radius 1 is 1.18 bits per heavy atom. The molecule has 0 aliphatic carbocycles. The van der Waals surface area contributed by atoms with Gasteiger partial charge in [-0.3, -0.25) is 4.79 Å². The first-order chi connectivity index (χ1) is 10.5. The summed E-state index contributed by atoms with van der Waals surface area (Å²) in [5.74, 6) is -0.980. The molecule has 0 saturated heterocycles. The molecule has 1 N–H and O–H groups in total. The second-order valence-corrected chi connectivity index (χ2v) is 6.36. The van der Waals surface area contributed by atoms with Crippen LogP contribution in [0.2, 0.25) is 5.02 Å². The van der Waals surface area contributed by atoms with Gasteiger partial charge in [0.05, 0.1) is 10.9 Å². The maximum atomic E-state index is 13.7. The van der Waals surface area contributed by atoms with Crippen molar-refractivity contribution < 1.29 is 13.6 Å². The summed E-state index contributed by atoms with van der Waals surface area (Å²) in [7, 11) is 0. The van der Waals surface area contributed by atoms with Crippen molar-refractivity contribution in [1.82, 2.24) is 0 Å². The quantitative estimate of drug-likeness (QED) is 0.839. The molecule has 22 heavy (non-hydrogen) atoms. The van der Waals surface area contributed by atoms with E-state index in [0.717, 1.165) is 0 Å². The van der Waals surface area contributed by atoms with Crippen LogP contribution in [0.4, 0.5) is 14.5 Å². The van der Waals surface area contributed by atoms with E-state index in [9.17, 15) is 13.6 Å². The Labute approximate surface area is 136 Å². The van der Waals surface area contributed by atoms with E-state index in [-0.39, 0.29) is 17.3 Å². The van der Waals surface area contributed by atoms with Gasteiger partial charge in [-0.2, -0.15) is 0 Å². The molecular formula is C16H14ClF2NOS. The van der Waals surface area contributed by atoms with E-state index >= 15 is 0 Å². The molecule has 0 radical (unpaired) electrons. The summed E-state index contributed by atoms with van der Waals surface area (Å²) in [6, 6.07) is 10.4. The number of halogens is 3. The van der Waals surface area contributed by atoms with Crippen LogP contribution < -0.4 is 5.32 Å². The van der Waals surface area contributed by atoms with Crippen molar-refractivity contribution >= 4 is 35.0 Å². The fourth-order valence-corrected chi connectivity index (χ4v) is 2.98. The topological polar surface area (TPSA) is 29.1 Å². The van der Waals surface area contributed by atoms with Crippen molar-refractivity contribution in [3.63, 3.8) is 0 Å². The van der Waals surface area contributed by atoms with E-state index < -0.39 is 16.9 Å². The SMILES string of the molecule is C[C@H](SCc1c(F)cccc1Cl)C(=O)Nc1ccccc1F. The van der Waals surface area contributed by atoms with Crippen LogP contribution in [-0.4, -0.2) is 11.2 Å². The van der Waals surface area contributed by atoms with Crippen LogP contribution in [0.1, 0.15) is 12.5 Å². The lowest BCUT2D eigenvalue weighted by Gasteiger charge is -2.13. The molecule has 1 amide bonds. The van der Waals surface area contributed by atoms with Crippen LogP contribution in [0.25, 0.3) is 0 Å². The Bertz CT molecular complexity index is 661. The lowest BCUT2D eigenvalue weighted by molar-refractivity contribution is -0.115. The molecule has 0 saturated carbocycles. The van der Waals surface area contributed by atoms with E-state index in [2.05, 4.69) is 5.32 Å². The van der Waals surface area contributed by atoms with Crippen molar-refractivity contribution in [3.05, 3.63) is 64.7 Å². The second kappa shape index (κ2) is 7.61. The van der Waals surface area contributed by atoms with Gasteiger partial charge < -0.3 is 5.32 Å². The number of carbonyl (C=O) groups is 1. The van der Waals surface area contributed by atoms with E-state index in [1.807, 2.05) is 0 Å². The lowest BCUT2D eigenvalue weighted by Crippen LogP contribution is -2.23. The number of rotatable bonds is 5. The molecule has 0 heterocycles. The van der Waals surface area contributed by atoms with Gasteiger partial charge in [-0.25, -0.2) is 8.78 Å². The minimum Gasteiger partial charge on any atom is -0.323 e. The summed E-state index contributed by atoms with van der Waals surface area (Å²) in [5.41, 5.74) is 0.489. The average molecular weight is 342 g/mol. The van der Waals surface area contributed by atoms with Gasteiger partial charge in [0, 0.05) is 16.3 Å². The summed E-state index contributed by atoms with van der Waals surface area (Å²) < 4.78 is 27.1. The second-order valence-electron chi connectivity index (χ2n) is 4.62. The van der Waals surface area contributed by atoms with Crippen LogP contribution in [0.5, 0.6) is 0 Å². The van der Waals surface area contributed by atoms with E-state index in [1.54, 1.807) is 25.1 Å². The van der Waals surface area contributed by atoms with Crippen molar-refractivity contribution in [2.75, 3.05) is 5.32 Å². The molecule has 1 atom stereocenters. The number of nitrogens with one attached hydrogen (secondary N) is 1. The zero-order chi connectivity index (χ0) is 16.1. The lowest BCUT2D eigenvalue weighted by atomic mass is 10.2. The van der Waals surface area contributed by atoms with E-state index in [4.69, 9.17) is 11.6 Å². The van der Waals surface area contributed by atoms with Crippen LogP contribution in [0, 0.1) is 11.6 Å². The Balaban J connectivity index is 1.96. The number of amides is 1. The Morgan fingerprint density at radius 2 is 1.86 bits per heavy atom. The molecule has 0 fully saturated rings. The number of hydrogen-bond donors (Lipinski definition) is 1. The number of para-hydroxylation sites is 1. The Hall–Kier alpha value is -1.59. The van der Waals surface area contributed by atoms with Gasteiger partial charge in [-0.15, -0.1) is 11.8 Å². The molecule has 2 aromatic rings. The molecule has 6 heteroatoms. The predicted octanol–water partition coefficient (Wildman–Crippen LogP) is 4.88. The normalized spacial score (nSPS) is 12.0. The molecule has 0 unspecified atom stereocenters. The highest BCUT2D eigenvalue weighted by Crippen LogP contribution is 2.26. The van der Waals surface area contributed by atoms with Crippen molar-refractivity contribution in [2.24, 2.45) is 0 Å². The maximum absolute atomic E-state index is 13.7. The van der Waals surface area contributed by atoms with Gasteiger partial charge in [-0.05, 0) is 31.2 Å². The summed E-state index contributed by atoms with van der Waals surface area (Å²) in [6.07, 6.45) is 0. The van der Waals surface area contributed by atoms with Gasteiger partial charge in [-0.1, -0.05) is 29.8 Å². The smallest absolute Gasteiger partial charge is 0.237 e.